The molecule has 1 aromatic rings. The Kier molecular flexibility index (Phi) is 2.67. The number of rotatable bonds is 1. The normalized spacial score (nSPS) is 21.1. The van der Waals surface area contributed by atoms with E-state index in [2.05, 4.69) is 0 Å². The van der Waals surface area contributed by atoms with Crippen LogP contribution in [0.15, 0.2) is 18.2 Å². The zero-order valence-electron chi connectivity index (χ0n) is 8.53. The average molecular weight is 225 g/mol. The van der Waals surface area contributed by atoms with Crippen molar-refractivity contribution < 1.29 is 4.79 Å². The topological polar surface area (TPSA) is 46.3 Å². The monoisotopic (exact) mass is 224 g/mol. The van der Waals surface area contributed by atoms with E-state index in [1.807, 2.05) is 25.1 Å². The fraction of sp³-hybridized carbons (Fsp3) is 0.364. The molecule has 1 fully saturated rings. The molecule has 1 aliphatic rings. The van der Waals surface area contributed by atoms with Crippen molar-refractivity contribution >= 4 is 23.2 Å². The van der Waals surface area contributed by atoms with Crippen LogP contribution in [0.3, 0.4) is 0 Å². The molecule has 15 heavy (non-hydrogen) atoms. The molecule has 2 N–H and O–H groups in total. The predicted molar refractivity (Wildman–Crippen MR) is 61.1 cm³/mol. The minimum atomic E-state index is -0.358. The van der Waals surface area contributed by atoms with E-state index in [1.165, 1.54) is 0 Å². The number of carbonyl (C=O) groups is 1. The van der Waals surface area contributed by atoms with E-state index in [0.717, 1.165) is 11.3 Å². The van der Waals surface area contributed by atoms with E-state index < -0.39 is 0 Å². The Morgan fingerprint density at radius 3 is 2.87 bits per heavy atom. The van der Waals surface area contributed by atoms with Crippen molar-refractivity contribution in [2.24, 2.45) is 5.73 Å². The zero-order chi connectivity index (χ0) is 11.0. The van der Waals surface area contributed by atoms with E-state index in [0.29, 0.717) is 18.0 Å². The Bertz CT molecular complexity index is 406. The molecule has 1 amide bonds. The first kappa shape index (κ1) is 10.5. The molecule has 3 nitrogen and oxygen atoms in total. The molecule has 1 saturated heterocycles. The number of nitrogens with two attached hydrogens (primary N) is 1. The summed E-state index contributed by atoms with van der Waals surface area (Å²) in [6.45, 7) is 2.64. The van der Waals surface area contributed by atoms with Gasteiger partial charge in [-0.1, -0.05) is 17.7 Å². The molecular formula is C11H13ClN2O. The lowest BCUT2D eigenvalue weighted by Gasteiger charge is -2.18. The van der Waals surface area contributed by atoms with Gasteiger partial charge in [0.2, 0.25) is 5.91 Å². The summed E-state index contributed by atoms with van der Waals surface area (Å²) < 4.78 is 0. The molecule has 80 valence electrons. The predicted octanol–water partition coefficient (Wildman–Crippen LogP) is 1.71. The first-order valence-electron chi connectivity index (χ1n) is 4.92. The first-order valence-corrected chi connectivity index (χ1v) is 5.30. The van der Waals surface area contributed by atoms with Crippen LogP contribution in [0.1, 0.15) is 12.0 Å². The Morgan fingerprint density at radius 1 is 1.53 bits per heavy atom. The third kappa shape index (κ3) is 1.85. The largest absolute Gasteiger partial charge is 0.320 e. The molecule has 0 saturated carbocycles. The molecule has 0 spiro atoms. The lowest BCUT2D eigenvalue weighted by molar-refractivity contribution is -0.118. The highest BCUT2D eigenvalue weighted by Crippen LogP contribution is 2.27. The second-order valence-electron chi connectivity index (χ2n) is 3.82. The number of anilines is 1. The van der Waals surface area contributed by atoms with Crippen LogP contribution in [0.2, 0.25) is 5.02 Å². The first-order chi connectivity index (χ1) is 7.09. The number of carbonyl (C=O) groups excluding carboxylic acids is 1. The van der Waals surface area contributed by atoms with Gasteiger partial charge >= 0.3 is 0 Å². The standard InChI is InChI=1S/C11H13ClN2O/c1-7-2-3-8(12)6-10(7)14-5-4-9(13)11(14)15/h2-3,6,9H,4-5,13H2,1H3. The van der Waals surface area contributed by atoms with E-state index >= 15 is 0 Å². The molecule has 1 aliphatic heterocycles. The summed E-state index contributed by atoms with van der Waals surface area (Å²) in [6.07, 6.45) is 0.713. The number of hydrogen-bond acceptors (Lipinski definition) is 2. The summed E-state index contributed by atoms with van der Waals surface area (Å²) in [4.78, 5) is 13.4. The van der Waals surface area contributed by atoms with Gasteiger partial charge in [-0.15, -0.1) is 0 Å². The van der Waals surface area contributed by atoms with Gasteiger partial charge in [0.1, 0.15) is 0 Å². The van der Waals surface area contributed by atoms with Crippen molar-refractivity contribution in [3.8, 4) is 0 Å². The number of aryl methyl sites for hydroxylation is 1. The van der Waals surface area contributed by atoms with Crippen LogP contribution in [0.5, 0.6) is 0 Å². The van der Waals surface area contributed by atoms with Gasteiger partial charge in [0.05, 0.1) is 6.04 Å². The van der Waals surface area contributed by atoms with Crippen LogP contribution in [0.25, 0.3) is 0 Å². The van der Waals surface area contributed by atoms with Gasteiger partial charge in [-0.05, 0) is 31.0 Å². The van der Waals surface area contributed by atoms with Gasteiger partial charge in [0.25, 0.3) is 0 Å². The molecule has 2 rings (SSSR count). The summed E-state index contributed by atoms with van der Waals surface area (Å²) >= 11 is 5.91. The quantitative estimate of drug-likeness (QED) is 0.790. The zero-order valence-corrected chi connectivity index (χ0v) is 9.29. The molecule has 1 unspecified atom stereocenters. The highest BCUT2D eigenvalue weighted by Gasteiger charge is 2.30. The van der Waals surface area contributed by atoms with Crippen molar-refractivity contribution in [1.29, 1.82) is 0 Å². The molecule has 4 heteroatoms. The van der Waals surface area contributed by atoms with Gasteiger partial charge in [-0.2, -0.15) is 0 Å². The van der Waals surface area contributed by atoms with Crippen LogP contribution >= 0.6 is 11.6 Å². The van der Waals surface area contributed by atoms with Crippen LogP contribution < -0.4 is 10.6 Å². The molecule has 0 aliphatic carbocycles. The number of nitrogens with zero attached hydrogens (tertiary/aromatic N) is 1. The molecule has 0 radical (unpaired) electrons. The van der Waals surface area contributed by atoms with Gasteiger partial charge in [0.15, 0.2) is 0 Å². The van der Waals surface area contributed by atoms with Crippen LogP contribution in [-0.4, -0.2) is 18.5 Å². The fourth-order valence-corrected chi connectivity index (χ4v) is 1.98. The summed E-state index contributed by atoms with van der Waals surface area (Å²) in [5.41, 5.74) is 7.59. The minimum absolute atomic E-state index is 0.0135. The number of hydrogen-bond donors (Lipinski definition) is 1. The van der Waals surface area contributed by atoms with Crippen molar-refractivity contribution in [1.82, 2.24) is 0 Å². The van der Waals surface area contributed by atoms with Crippen LogP contribution in [0, 0.1) is 6.92 Å². The summed E-state index contributed by atoms with van der Waals surface area (Å²) in [5, 5.41) is 0.642. The van der Waals surface area contributed by atoms with Crippen molar-refractivity contribution in [2.45, 2.75) is 19.4 Å². The van der Waals surface area contributed by atoms with Gasteiger partial charge in [-0.25, -0.2) is 0 Å². The Hall–Kier alpha value is -1.06. The molecule has 1 heterocycles. The van der Waals surface area contributed by atoms with Crippen LogP contribution in [-0.2, 0) is 4.79 Å². The number of amides is 1. The van der Waals surface area contributed by atoms with Crippen LogP contribution in [0.4, 0.5) is 5.69 Å². The fourth-order valence-electron chi connectivity index (χ4n) is 1.81. The lowest BCUT2D eigenvalue weighted by Crippen LogP contribution is -2.34. The molecule has 1 aromatic carbocycles. The number of halogens is 1. The van der Waals surface area contributed by atoms with Gasteiger partial charge in [0, 0.05) is 17.3 Å². The van der Waals surface area contributed by atoms with E-state index in [9.17, 15) is 4.79 Å². The average Bonchev–Trinajstić information content (AvgIpc) is 2.52. The molecule has 0 aromatic heterocycles. The highest BCUT2D eigenvalue weighted by molar-refractivity contribution is 6.31. The van der Waals surface area contributed by atoms with Crippen molar-refractivity contribution in [2.75, 3.05) is 11.4 Å². The third-order valence-corrected chi connectivity index (χ3v) is 2.94. The van der Waals surface area contributed by atoms with Gasteiger partial charge < -0.3 is 10.6 Å². The molecular weight excluding hydrogens is 212 g/mol. The van der Waals surface area contributed by atoms with E-state index in [-0.39, 0.29) is 11.9 Å². The second kappa shape index (κ2) is 3.83. The Labute approximate surface area is 93.8 Å². The Balaban J connectivity index is 2.37. The SMILES string of the molecule is Cc1ccc(Cl)cc1N1CCC(N)C1=O. The smallest absolute Gasteiger partial charge is 0.243 e. The minimum Gasteiger partial charge on any atom is -0.320 e. The summed E-state index contributed by atoms with van der Waals surface area (Å²) in [5.74, 6) is -0.0135. The third-order valence-electron chi connectivity index (χ3n) is 2.71. The summed E-state index contributed by atoms with van der Waals surface area (Å²) in [6, 6.07) is 5.19. The molecule has 0 bridgehead atoms. The maximum absolute atomic E-state index is 11.7. The highest BCUT2D eigenvalue weighted by atomic mass is 35.5. The molecule has 1 atom stereocenters. The Morgan fingerprint density at radius 2 is 2.27 bits per heavy atom. The van der Waals surface area contributed by atoms with Gasteiger partial charge in [-0.3, -0.25) is 4.79 Å². The van der Waals surface area contributed by atoms with Crippen molar-refractivity contribution in [3.63, 3.8) is 0 Å². The maximum atomic E-state index is 11.7. The van der Waals surface area contributed by atoms with Crippen molar-refractivity contribution in [3.05, 3.63) is 28.8 Å². The van der Waals surface area contributed by atoms with E-state index in [4.69, 9.17) is 17.3 Å². The summed E-state index contributed by atoms with van der Waals surface area (Å²) in [7, 11) is 0. The maximum Gasteiger partial charge on any atom is 0.243 e. The second-order valence-corrected chi connectivity index (χ2v) is 4.25. The number of benzene rings is 1. The van der Waals surface area contributed by atoms with E-state index in [1.54, 1.807) is 4.90 Å². The lowest BCUT2D eigenvalue weighted by atomic mass is 10.2.